The van der Waals surface area contributed by atoms with Crippen LogP contribution in [-0.4, -0.2) is 53.5 Å². The summed E-state index contributed by atoms with van der Waals surface area (Å²) in [4.78, 5) is 13.9. The van der Waals surface area contributed by atoms with E-state index in [1.807, 2.05) is 20.8 Å². The molecule has 0 saturated carbocycles. The smallest absolute Gasteiger partial charge is 0.410 e. The molecule has 21 heavy (non-hydrogen) atoms. The standard InChI is InChI=1S/C16H32N2O3/c1-5-7-14(19)12-17-13-8-6-10-18(11-9-13)15(20)21-16(2,3)4/h13-14,17,19H,5-12H2,1-4H3. The minimum absolute atomic E-state index is 0.214. The average Bonchev–Trinajstić information content (AvgIpc) is 2.60. The Morgan fingerprint density at radius 3 is 2.71 bits per heavy atom. The van der Waals surface area contributed by atoms with Gasteiger partial charge < -0.3 is 20.1 Å². The molecule has 2 atom stereocenters. The van der Waals surface area contributed by atoms with Crippen LogP contribution in [0.4, 0.5) is 4.79 Å². The van der Waals surface area contributed by atoms with Crippen LogP contribution < -0.4 is 5.32 Å². The minimum atomic E-state index is -0.439. The summed E-state index contributed by atoms with van der Waals surface area (Å²) in [6.07, 6.45) is 4.29. The summed E-state index contributed by atoms with van der Waals surface area (Å²) in [6, 6.07) is 0.379. The van der Waals surface area contributed by atoms with Gasteiger partial charge in [0.25, 0.3) is 0 Å². The number of nitrogens with one attached hydrogen (secondary N) is 1. The number of aliphatic hydroxyl groups excluding tert-OH is 1. The van der Waals surface area contributed by atoms with Crippen LogP contribution in [0.1, 0.15) is 59.8 Å². The molecule has 5 heteroatoms. The molecular formula is C16H32N2O3. The highest BCUT2D eigenvalue weighted by Gasteiger charge is 2.25. The number of ether oxygens (including phenoxy) is 1. The Morgan fingerprint density at radius 2 is 2.10 bits per heavy atom. The van der Waals surface area contributed by atoms with Crippen LogP contribution in [0.3, 0.4) is 0 Å². The monoisotopic (exact) mass is 300 g/mol. The topological polar surface area (TPSA) is 61.8 Å². The third kappa shape index (κ3) is 7.67. The zero-order valence-electron chi connectivity index (χ0n) is 14.0. The van der Waals surface area contributed by atoms with E-state index in [0.717, 1.165) is 45.2 Å². The Hall–Kier alpha value is -0.810. The van der Waals surface area contributed by atoms with Crippen LogP contribution in [-0.2, 0) is 4.74 Å². The summed E-state index contributed by atoms with van der Waals surface area (Å²) in [5.41, 5.74) is -0.439. The van der Waals surface area contributed by atoms with Gasteiger partial charge in [-0.2, -0.15) is 0 Å². The minimum Gasteiger partial charge on any atom is -0.444 e. The second-order valence-electron chi connectivity index (χ2n) is 6.95. The van der Waals surface area contributed by atoms with Crippen molar-refractivity contribution in [3.63, 3.8) is 0 Å². The van der Waals surface area contributed by atoms with Crippen LogP contribution in [0.25, 0.3) is 0 Å². The Balaban J connectivity index is 2.34. The Bertz CT molecular complexity index is 315. The molecule has 0 spiro atoms. The van der Waals surface area contributed by atoms with Crippen LogP contribution >= 0.6 is 0 Å². The highest BCUT2D eigenvalue weighted by Crippen LogP contribution is 2.15. The molecule has 0 aromatic carbocycles. The van der Waals surface area contributed by atoms with E-state index in [4.69, 9.17) is 4.74 Å². The summed E-state index contributed by atoms with van der Waals surface area (Å²) >= 11 is 0. The number of aliphatic hydroxyl groups is 1. The molecule has 1 aliphatic rings. The lowest BCUT2D eigenvalue weighted by atomic mass is 10.1. The van der Waals surface area contributed by atoms with Gasteiger partial charge in [0.15, 0.2) is 0 Å². The lowest BCUT2D eigenvalue weighted by Gasteiger charge is -2.26. The number of hydrogen-bond donors (Lipinski definition) is 2. The van der Waals surface area contributed by atoms with Crippen LogP contribution in [0.15, 0.2) is 0 Å². The lowest BCUT2D eigenvalue weighted by molar-refractivity contribution is 0.0255. The first-order valence-corrected chi connectivity index (χ1v) is 8.21. The van der Waals surface area contributed by atoms with Gasteiger partial charge in [-0.1, -0.05) is 13.3 Å². The largest absolute Gasteiger partial charge is 0.444 e. The highest BCUT2D eigenvalue weighted by molar-refractivity contribution is 5.68. The molecule has 124 valence electrons. The van der Waals surface area contributed by atoms with Gasteiger partial charge in [-0.15, -0.1) is 0 Å². The van der Waals surface area contributed by atoms with Crippen molar-refractivity contribution >= 4 is 6.09 Å². The quantitative estimate of drug-likeness (QED) is 0.819. The fourth-order valence-electron chi connectivity index (χ4n) is 2.55. The van der Waals surface area contributed by atoms with E-state index in [2.05, 4.69) is 12.2 Å². The van der Waals surface area contributed by atoms with Crippen molar-refractivity contribution in [3.8, 4) is 0 Å². The fraction of sp³-hybridized carbons (Fsp3) is 0.938. The van der Waals surface area contributed by atoms with Gasteiger partial charge in [0.05, 0.1) is 6.10 Å². The number of nitrogens with zero attached hydrogens (tertiary/aromatic N) is 1. The summed E-state index contributed by atoms with van der Waals surface area (Å²) in [7, 11) is 0. The molecule has 1 fully saturated rings. The molecule has 1 rings (SSSR count). The van der Waals surface area contributed by atoms with Crippen molar-refractivity contribution in [1.82, 2.24) is 10.2 Å². The predicted molar refractivity (Wildman–Crippen MR) is 84.4 cm³/mol. The molecule has 1 amide bonds. The van der Waals surface area contributed by atoms with Gasteiger partial charge in [-0.3, -0.25) is 0 Å². The van der Waals surface area contributed by atoms with Crippen molar-refractivity contribution < 1.29 is 14.6 Å². The van der Waals surface area contributed by atoms with E-state index >= 15 is 0 Å². The van der Waals surface area contributed by atoms with Gasteiger partial charge in [0.2, 0.25) is 0 Å². The fourth-order valence-corrected chi connectivity index (χ4v) is 2.55. The molecule has 5 nitrogen and oxygen atoms in total. The number of carbonyl (C=O) groups excluding carboxylic acids is 1. The SMILES string of the molecule is CCCC(O)CNC1CCCN(C(=O)OC(C)(C)C)CC1. The van der Waals surface area contributed by atoms with Crippen molar-refractivity contribution in [2.75, 3.05) is 19.6 Å². The first-order chi connectivity index (χ1) is 9.81. The van der Waals surface area contributed by atoms with Crippen molar-refractivity contribution in [2.45, 2.75) is 77.5 Å². The average molecular weight is 300 g/mol. The Labute approximate surface area is 129 Å². The normalized spacial score (nSPS) is 21.8. The van der Waals surface area contributed by atoms with E-state index in [1.54, 1.807) is 4.90 Å². The van der Waals surface area contributed by atoms with Crippen LogP contribution in [0.5, 0.6) is 0 Å². The molecule has 1 aliphatic heterocycles. The maximum Gasteiger partial charge on any atom is 0.410 e. The highest BCUT2D eigenvalue weighted by atomic mass is 16.6. The summed E-state index contributed by atoms with van der Waals surface area (Å²) < 4.78 is 5.42. The molecular weight excluding hydrogens is 268 g/mol. The molecule has 1 saturated heterocycles. The van der Waals surface area contributed by atoms with Crippen LogP contribution in [0.2, 0.25) is 0 Å². The maximum atomic E-state index is 12.1. The molecule has 1 heterocycles. The molecule has 2 unspecified atom stereocenters. The molecule has 0 aromatic rings. The third-order valence-electron chi connectivity index (χ3n) is 3.64. The molecule has 0 aliphatic carbocycles. The zero-order valence-corrected chi connectivity index (χ0v) is 14.0. The van der Waals surface area contributed by atoms with E-state index in [-0.39, 0.29) is 12.2 Å². The second kappa shape index (κ2) is 8.59. The predicted octanol–water partition coefficient (Wildman–Crippen LogP) is 2.53. The Morgan fingerprint density at radius 1 is 1.38 bits per heavy atom. The lowest BCUT2D eigenvalue weighted by Crippen LogP contribution is -2.39. The molecule has 0 aromatic heterocycles. The molecule has 0 radical (unpaired) electrons. The van der Waals surface area contributed by atoms with Crippen LogP contribution in [0, 0.1) is 0 Å². The van der Waals surface area contributed by atoms with E-state index in [9.17, 15) is 9.90 Å². The van der Waals surface area contributed by atoms with Crippen molar-refractivity contribution in [2.24, 2.45) is 0 Å². The van der Waals surface area contributed by atoms with Crippen molar-refractivity contribution in [3.05, 3.63) is 0 Å². The van der Waals surface area contributed by atoms with Crippen molar-refractivity contribution in [1.29, 1.82) is 0 Å². The number of rotatable bonds is 5. The summed E-state index contributed by atoms with van der Waals surface area (Å²) in [5.74, 6) is 0. The van der Waals surface area contributed by atoms with Gasteiger partial charge in [-0.25, -0.2) is 4.79 Å². The number of likely N-dealkylation sites (tertiary alicyclic amines) is 1. The number of hydrogen-bond acceptors (Lipinski definition) is 4. The van der Waals surface area contributed by atoms with Gasteiger partial charge >= 0.3 is 6.09 Å². The van der Waals surface area contributed by atoms with Gasteiger partial charge in [-0.05, 0) is 46.5 Å². The number of carbonyl (C=O) groups is 1. The molecule has 2 N–H and O–H groups in total. The number of amides is 1. The van der Waals surface area contributed by atoms with Gasteiger partial charge in [0, 0.05) is 25.7 Å². The summed E-state index contributed by atoms with van der Waals surface area (Å²) in [6.45, 7) is 9.87. The zero-order chi connectivity index (χ0) is 15.9. The Kier molecular flexibility index (Phi) is 7.46. The maximum absolute atomic E-state index is 12.1. The summed E-state index contributed by atoms with van der Waals surface area (Å²) in [5, 5.41) is 13.2. The third-order valence-corrected chi connectivity index (χ3v) is 3.64. The van der Waals surface area contributed by atoms with E-state index < -0.39 is 5.60 Å². The van der Waals surface area contributed by atoms with E-state index in [0.29, 0.717) is 12.6 Å². The first-order valence-electron chi connectivity index (χ1n) is 8.21. The second-order valence-corrected chi connectivity index (χ2v) is 6.95. The first kappa shape index (κ1) is 18.2. The molecule has 0 bridgehead atoms. The van der Waals surface area contributed by atoms with E-state index in [1.165, 1.54) is 0 Å². The van der Waals surface area contributed by atoms with Gasteiger partial charge in [0.1, 0.15) is 5.60 Å².